The highest BCUT2D eigenvalue weighted by atomic mass is 32.2. The SMILES string of the molecule is O=C1C(=Cc2cc([N+](=O)[O-])ccc2SCc2ccco2)SC(=S)N1Cc1ccccc1. The Labute approximate surface area is 192 Å². The summed E-state index contributed by atoms with van der Waals surface area (Å²) in [5, 5.41) is 11.3. The summed E-state index contributed by atoms with van der Waals surface area (Å²) in [6.07, 6.45) is 3.28. The van der Waals surface area contributed by atoms with E-state index in [0.29, 0.717) is 27.1 Å². The number of carbonyl (C=O) groups is 1. The largest absolute Gasteiger partial charge is 0.468 e. The van der Waals surface area contributed by atoms with Crippen molar-refractivity contribution in [1.82, 2.24) is 4.90 Å². The van der Waals surface area contributed by atoms with Crippen LogP contribution in [0.25, 0.3) is 6.08 Å². The first-order valence-corrected chi connectivity index (χ1v) is 11.5. The monoisotopic (exact) mass is 468 g/mol. The van der Waals surface area contributed by atoms with Crippen LogP contribution in [0.5, 0.6) is 0 Å². The molecule has 0 N–H and O–H groups in total. The highest BCUT2D eigenvalue weighted by Gasteiger charge is 2.32. The first kappa shape index (κ1) is 21.4. The third-order valence-corrected chi connectivity index (χ3v) is 6.99. The Bertz CT molecular complexity index is 1160. The van der Waals surface area contributed by atoms with Crippen molar-refractivity contribution in [2.75, 3.05) is 0 Å². The molecule has 0 aliphatic carbocycles. The minimum absolute atomic E-state index is 0.0339. The summed E-state index contributed by atoms with van der Waals surface area (Å²) >= 11 is 8.11. The average Bonchev–Trinajstić information content (AvgIpc) is 3.38. The number of carbonyl (C=O) groups excluding carboxylic acids is 1. The molecule has 3 aromatic rings. The number of nitro benzene ring substituents is 1. The lowest BCUT2D eigenvalue weighted by Crippen LogP contribution is -2.27. The van der Waals surface area contributed by atoms with Crippen LogP contribution in [0.4, 0.5) is 5.69 Å². The second kappa shape index (κ2) is 9.51. The molecule has 4 rings (SSSR count). The van der Waals surface area contributed by atoms with Crippen molar-refractivity contribution >= 4 is 57.7 Å². The molecule has 6 nitrogen and oxygen atoms in total. The lowest BCUT2D eigenvalue weighted by Gasteiger charge is -2.14. The van der Waals surface area contributed by atoms with E-state index >= 15 is 0 Å². The molecular formula is C22H16N2O4S3. The standard InChI is InChI=1S/C22H16N2O4S3/c25-21-20(31-22(29)23(21)13-15-5-2-1-3-6-15)12-16-11-17(24(26)27)8-9-19(16)30-14-18-7-4-10-28-18/h1-12H,13-14H2. The van der Waals surface area contributed by atoms with Gasteiger partial charge in [-0.2, -0.15) is 0 Å². The van der Waals surface area contributed by atoms with Gasteiger partial charge in [-0.05, 0) is 35.4 Å². The van der Waals surface area contributed by atoms with Gasteiger partial charge in [-0.15, -0.1) is 11.8 Å². The van der Waals surface area contributed by atoms with Crippen molar-refractivity contribution in [2.24, 2.45) is 0 Å². The van der Waals surface area contributed by atoms with Gasteiger partial charge < -0.3 is 4.42 Å². The summed E-state index contributed by atoms with van der Waals surface area (Å²) < 4.78 is 5.83. The molecule has 1 aliphatic heterocycles. The van der Waals surface area contributed by atoms with E-state index in [1.807, 2.05) is 42.5 Å². The fourth-order valence-electron chi connectivity index (χ4n) is 2.98. The van der Waals surface area contributed by atoms with Crippen LogP contribution in [0.2, 0.25) is 0 Å². The van der Waals surface area contributed by atoms with Crippen LogP contribution >= 0.6 is 35.7 Å². The number of hydrogen-bond donors (Lipinski definition) is 0. The van der Waals surface area contributed by atoms with Crippen molar-refractivity contribution in [1.29, 1.82) is 0 Å². The third kappa shape index (κ3) is 5.07. The highest BCUT2D eigenvalue weighted by molar-refractivity contribution is 8.26. The molecule has 1 amide bonds. The second-order valence-electron chi connectivity index (χ2n) is 6.60. The quantitative estimate of drug-likeness (QED) is 0.141. The number of hydrogen-bond acceptors (Lipinski definition) is 7. The van der Waals surface area contributed by atoms with Crippen molar-refractivity contribution in [2.45, 2.75) is 17.2 Å². The van der Waals surface area contributed by atoms with E-state index in [1.165, 1.54) is 35.7 Å². The minimum atomic E-state index is -0.445. The molecule has 0 atom stereocenters. The number of thiocarbonyl (C=S) groups is 1. The number of non-ortho nitro benzene ring substituents is 1. The summed E-state index contributed by atoms with van der Waals surface area (Å²) in [6.45, 7) is 0.387. The molecule has 1 aliphatic rings. The van der Waals surface area contributed by atoms with Crippen molar-refractivity contribution in [3.63, 3.8) is 0 Å². The van der Waals surface area contributed by atoms with Gasteiger partial charge in [-0.1, -0.05) is 54.3 Å². The number of nitrogens with zero attached hydrogens (tertiary/aromatic N) is 2. The number of furan rings is 1. The molecule has 0 spiro atoms. The maximum absolute atomic E-state index is 13.0. The number of thioether (sulfide) groups is 2. The van der Waals surface area contributed by atoms with Gasteiger partial charge in [0.25, 0.3) is 11.6 Å². The van der Waals surface area contributed by atoms with E-state index in [9.17, 15) is 14.9 Å². The molecule has 0 unspecified atom stereocenters. The number of rotatable bonds is 7. The zero-order chi connectivity index (χ0) is 21.8. The van der Waals surface area contributed by atoms with E-state index in [-0.39, 0.29) is 11.6 Å². The average molecular weight is 469 g/mol. The molecule has 0 saturated carbocycles. The maximum atomic E-state index is 13.0. The molecule has 1 saturated heterocycles. The smallest absolute Gasteiger partial charge is 0.270 e. The molecule has 1 aromatic heterocycles. The van der Waals surface area contributed by atoms with Gasteiger partial charge in [0.05, 0.1) is 28.4 Å². The first-order valence-electron chi connectivity index (χ1n) is 9.24. The van der Waals surface area contributed by atoms with Crippen molar-refractivity contribution in [3.05, 3.63) is 98.8 Å². The number of nitro groups is 1. The van der Waals surface area contributed by atoms with Crippen molar-refractivity contribution in [3.8, 4) is 0 Å². The predicted octanol–water partition coefficient (Wildman–Crippen LogP) is 5.88. The van der Waals surface area contributed by atoms with Crippen LogP contribution in [0.1, 0.15) is 16.9 Å². The maximum Gasteiger partial charge on any atom is 0.270 e. The zero-order valence-electron chi connectivity index (χ0n) is 16.1. The summed E-state index contributed by atoms with van der Waals surface area (Å²) in [6, 6.07) is 17.9. The van der Waals surface area contributed by atoms with E-state index in [1.54, 1.807) is 23.3 Å². The Morgan fingerprint density at radius 1 is 1.16 bits per heavy atom. The number of amides is 1. The molecular weight excluding hydrogens is 452 g/mol. The van der Waals surface area contributed by atoms with E-state index in [2.05, 4.69) is 0 Å². The van der Waals surface area contributed by atoms with E-state index < -0.39 is 4.92 Å². The summed E-state index contributed by atoms with van der Waals surface area (Å²) in [7, 11) is 0. The molecule has 1 fully saturated rings. The fraction of sp³-hybridized carbons (Fsp3) is 0.0909. The van der Waals surface area contributed by atoms with Crippen molar-refractivity contribution < 1.29 is 14.1 Å². The molecule has 31 heavy (non-hydrogen) atoms. The lowest BCUT2D eigenvalue weighted by molar-refractivity contribution is -0.384. The fourth-order valence-corrected chi connectivity index (χ4v) is 5.14. The Morgan fingerprint density at radius 3 is 2.68 bits per heavy atom. The molecule has 156 valence electrons. The molecule has 2 aromatic carbocycles. The molecule has 0 radical (unpaired) electrons. The predicted molar refractivity (Wildman–Crippen MR) is 127 cm³/mol. The van der Waals surface area contributed by atoms with Gasteiger partial charge in [-0.3, -0.25) is 19.8 Å². The van der Waals surface area contributed by atoms with Crippen LogP contribution in [-0.4, -0.2) is 20.1 Å². The van der Waals surface area contributed by atoms with Gasteiger partial charge >= 0.3 is 0 Å². The Hall–Kier alpha value is -2.88. The topological polar surface area (TPSA) is 76.6 Å². The number of benzene rings is 2. The third-order valence-electron chi connectivity index (χ3n) is 4.50. The molecule has 9 heteroatoms. The van der Waals surface area contributed by atoms with Gasteiger partial charge in [-0.25, -0.2) is 0 Å². The lowest BCUT2D eigenvalue weighted by atomic mass is 10.1. The minimum Gasteiger partial charge on any atom is -0.468 e. The summed E-state index contributed by atoms with van der Waals surface area (Å²) in [5.41, 5.74) is 1.55. The second-order valence-corrected chi connectivity index (χ2v) is 9.29. The van der Waals surface area contributed by atoms with Gasteiger partial charge in [0, 0.05) is 17.0 Å². The van der Waals surface area contributed by atoms with E-state index in [0.717, 1.165) is 16.2 Å². The van der Waals surface area contributed by atoms with Crippen LogP contribution in [0, 0.1) is 10.1 Å². The van der Waals surface area contributed by atoms with Gasteiger partial charge in [0.1, 0.15) is 10.1 Å². The van der Waals surface area contributed by atoms with Gasteiger partial charge in [0.2, 0.25) is 0 Å². The van der Waals surface area contributed by atoms with Crippen LogP contribution in [0.3, 0.4) is 0 Å². The Balaban J connectivity index is 1.61. The van der Waals surface area contributed by atoms with Gasteiger partial charge in [0.15, 0.2) is 0 Å². The molecule has 2 heterocycles. The summed E-state index contributed by atoms with van der Waals surface area (Å²) in [4.78, 5) is 26.6. The summed E-state index contributed by atoms with van der Waals surface area (Å²) in [5.74, 6) is 1.16. The van der Waals surface area contributed by atoms with Crippen LogP contribution in [-0.2, 0) is 17.1 Å². The zero-order valence-corrected chi connectivity index (χ0v) is 18.5. The normalized spacial score (nSPS) is 15.1. The van der Waals surface area contributed by atoms with E-state index in [4.69, 9.17) is 16.6 Å². The highest BCUT2D eigenvalue weighted by Crippen LogP contribution is 2.37. The van der Waals surface area contributed by atoms with Crippen LogP contribution < -0.4 is 0 Å². The molecule has 0 bridgehead atoms. The Kier molecular flexibility index (Phi) is 6.55. The van der Waals surface area contributed by atoms with Crippen LogP contribution in [0.15, 0.2) is 81.1 Å². The first-order chi connectivity index (χ1) is 15.0. The Morgan fingerprint density at radius 2 is 1.97 bits per heavy atom.